The largest absolute Gasteiger partial charge is 0.478 e. The zero-order chi connectivity index (χ0) is 12.3. The third kappa shape index (κ3) is 3.30. The molecule has 0 radical (unpaired) electrons. The van der Waals surface area contributed by atoms with Gasteiger partial charge in [0.25, 0.3) is 0 Å². The van der Waals surface area contributed by atoms with E-state index in [2.05, 4.69) is 21.2 Å². The quantitative estimate of drug-likeness (QED) is 0.897. The van der Waals surface area contributed by atoms with Crippen molar-refractivity contribution >= 4 is 21.9 Å². The predicted molar refractivity (Wildman–Crippen MR) is 70.2 cm³/mol. The molecule has 2 rings (SSSR count). The van der Waals surface area contributed by atoms with Crippen molar-refractivity contribution in [2.24, 2.45) is 0 Å². The molecule has 0 heterocycles. The predicted octanol–water partition coefficient (Wildman–Crippen LogP) is 3.18. The fourth-order valence-corrected chi connectivity index (χ4v) is 2.83. The van der Waals surface area contributed by atoms with Gasteiger partial charge in [0.15, 0.2) is 0 Å². The zero-order valence-electron chi connectivity index (χ0n) is 9.58. The molecule has 0 bridgehead atoms. The summed E-state index contributed by atoms with van der Waals surface area (Å²) in [5, 5.41) is 12.4. The summed E-state index contributed by atoms with van der Waals surface area (Å²) in [4.78, 5) is 10.9. The van der Waals surface area contributed by atoms with Gasteiger partial charge in [0.1, 0.15) is 0 Å². The Bertz CT molecular complexity index is 414. The second-order valence-electron chi connectivity index (χ2n) is 4.48. The number of hydrogen-bond acceptors (Lipinski definition) is 2. The summed E-state index contributed by atoms with van der Waals surface area (Å²) >= 11 is 3.29. The third-order valence-corrected chi connectivity index (χ3v) is 3.87. The summed E-state index contributed by atoms with van der Waals surface area (Å²) < 4.78 is 0.649. The average molecular weight is 298 g/mol. The molecule has 1 aromatic rings. The molecule has 0 unspecified atom stereocenters. The van der Waals surface area contributed by atoms with Crippen LogP contribution >= 0.6 is 15.9 Å². The van der Waals surface area contributed by atoms with Gasteiger partial charge in [-0.05, 0) is 46.5 Å². The maximum atomic E-state index is 10.9. The van der Waals surface area contributed by atoms with Crippen LogP contribution in [0.1, 0.15) is 41.6 Å². The molecule has 4 heteroatoms. The molecular formula is C13H16BrNO2. The summed E-state index contributed by atoms with van der Waals surface area (Å²) in [6.45, 7) is 0.809. The van der Waals surface area contributed by atoms with E-state index < -0.39 is 5.97 Å². The number of carbonyl (C=O) groups is 1. The Balaban J connectivity index is 1.97. The summed E-state index contributed by atoms with van der Waals surface area (Å²) in [6, 6.07) is 6.03. The van der Waals surface area contributed by atoms with E-state index in [0.717, 1.165) is 12.1 Å². The van der Waals surface area contributed by atoms with E-state index in [1.54, 1.807) is 6.07 Å². The normalized spacial score (nSPS) is 16.3. The SMILES string of the molecule is O=C(O)c1ccc(CNC2CCCC2)cc1Br. The third-order valence-electron chi connectivity index (χ3n) is 3.21. The van der Waals surface area contributed by atoms with Gasteiger partial charge in [0.05, 0.1) is 5.56 Å². The van der Waals surface area contributed by atoms with Gasteiger partial charge in [-0.25, -0.2) is 4.79 Å². The van der Waals surface area contributed by atoms with E-state index in [4.69, 9.17) is 5.11 Å². The number of hydrogen-bond donors (Lipinski definition) is 2. The highest BCUT2D eigenvalue weighted by molar-refractivity contribution is 9.10. The molecule has 0 saturated heterocycles. The molecule has 3 nitrogen and oxygen atoms in total. The van der Waals surface area contributed by atoms with Gasteiger partial charge in [-0.1, -0.05) is 18.9 Å². The van der Waals surface area contributed by atoms with Gasteiger partial charge in [-0.15, -0.1) is 0 Å². The Kier molecular flexibility index (Phi) is 4.18. The monoisotopic (exact) mass is 297 g/mol. The maximum absolute atomic E-state index is 10.9. The first kappa shape index (κ1) is 12.6. The van der Waals surface area contributed by atoms with E-state index in [-0.39, 0.29) is 0 Å². The van der Waals surface area contributed by atoms with Crippen molar-refractivity contribution in [3.8, 4) is 0 Å². The van der Waals surface area contributed by atoms with Crippen LogP contribution in [0.15, 0.2) is 22.7 Å². The highest BCUT2D eigenvalue weighted by Crippen LogP contribution is 2.20. The smallest absolute Gasteiger partial charge is 0.336 e. The van der Waals surface area contributed by atoms with E-state index in [9.17, 15) is 4.79 Å². The second kappa shape index (κ2) is 5.65. The first-order valence-electron chi connectivity index (χ1n) is 5.92. The van der Waals surface area contributed by atoms with Crippen molar-refractivity contribution in [3.63, 3.8) is 0 Å². The minimum atomic E-state index is -0.896. The summed E-state index contributed by atoms with van der Waals surface area (Å²) in [5.41, 5.74) is 1.43. The van der Waals surface area contributed by atoms with Crippen molar-refractivity contribution in [1.82, 2.24) is 5.32 Å². The molecule has 0 amide bonds. The van der Waals surface area contributed by atoms with Crippen LogP contribution < -0.4 is 5.32 Å². The number of carboxylic acid groups (broad SMARTS) is 1. The van der Waals surface area contributed by atoms with Crippen molar-refractivity contribution in [2.45, 2.75) is 38.3 Å². The Morgan fingerprint density at radius 2 is 2.12 bits per heavy atom. The molecule has 17 heavy (non-hydrogen) atoms. The van der Waals surface area contributed by atoms with Crippen molar-refractivity contribution < 1.29 is 9.90 Å². The first-order chi connectivity index (χ1) is 8.16. The Labute approximate surface area is 109 Å². The second-order valence-corrected chi connectivity index (χ2v) is 5.34. The van der Waals surface area contributed by atoms with Gasteiger partial charge in [0, 0.05) is 17.1 Å². The van der Waals surface area contributed by atoms with Crippen molar-refractivity contribution in [3.05, 3.63) is 33.8 Å². The van der Waals surface area contributed by atoms with Crippen LogP contribution in [0.3, 0.4) is 0 Å². The van der Waals surface area contributed by atoms with Crippen LogP contribution in [-0.2, 0) is 6.54 Å². The lowest BCUT2D eigenvalue weighted by Gasteiger charge is -2.12. The Morgan fingerprint density at radius 3 is 2.71 bits per heavy atom. The van der Waals surface area contributed by atoms with E-state index in [0.29, 0.717) is 16.1 Å². The highest BCUT2D eigenvalue weighted by atomic mass is 79.9. The standard InChI is InChI=1S/C13H16BrNO2/c14-12-7-9(5-6-11(12)13(16)17)8-15-10-3-1-2-4-10/h5-7,10,15H,1-4,8H2,(H,16,17). The number of rotatable bonds is 4. The number of carboxylic acids is 1. The van der Waals surface area contributed by atoms with Crippen LogP contribution in [-0.4, -0.2) is 17.1 Å². The van der Waals surface area contributed by atoms with Crippen LogP contribution in [0.2, 0.25) is 0 Å². The fraction of sp³-hybridized carbons (Fsp3) is 0.462. The van der Waals surface area contributed by atoms with Crippen molar-refractivity contribution in [1.29, 1.82) is 0 Å². The molecule has 1 aliphatic rings. The number of halogens is 1. The minimum Gasteiger partial charge on any atom is -0.478 e. The van der Waals surface area contributed by atoms with Crippen LogP contribution in [0, 0.1) is 0 Å². The molecule has 0 aliphatic heterocycles. The van der Waals surface area contributed by atoms with Gasteiger partial charge < -0.3 is 10.4 Å². The van der Waals surface area contributed by atoms with Gasteiger partial charge in [0.2, 0.25) is 0 Å². The number of nitrogens with one attached hydrogen (secondary N) is 1. The molecule has 0 atom stereocenters. The molecule has 1 aliphatic carbocycles. The highest BCUT2D eigenvalue weighted by Gasteiger charge is 2.14. The molecule has 1 aromatic carbocycles. The van der Waals surface area contributed by atoms with Gasteiger partial charge >= 0.3 is 5.97 Å². The van der Waals surface area contributed by atoms with Gasteiger partial charge in [-0.2, -0.15) is 0 Å². The zero-order valence-corrected chi connectivity index (χ0v) is 11.2. The van der Waals surface area contributed by atoms with Crippen LogP contribution in [0.25, 0.3) is 0 Å². The lowest BCUT2D eigenvalue weighted by atomic mass is 10.1. The molecule has 0 spiro atoms. The van der Waals surface area contributed by atoms with E-state index in [1.807, 2.05) is 12.1 Å². The van der Waals surface area contributed by atoms with E-state index >= 15 is 0 Å². The number of benzene rings is 1. The van der Waals surface area contributed by atoms with Gasteiger partial charge in [-0.3, -0.25) is 0 Å². The molecule has 1 saturated carbocycles. The van der Waals surface area contributed by atoms with E-state index in [1.165, 1.54) is 25.7 Å². The lowest BCUT2D eigenvalue weighted by Crippen LogP contribution is -2.25. The number of aromatic carboxylic acids is 1. The molecule has 2 N–H and O–H groups in total. The summed E-state index contributed by atoms with van der Waals surface area (Å²) in [5.74, 6) is -0.896. The van der Waals surface area contributed by atoms with Crippen molar-refractivity contribution in [2.75, 3.05) is 0 Å². The fourth-order valence-electron chi connectivity index (χ4n) is 2.23. The first-order valence-corrected chi connectivity index (χ1v) is 6.71. The lowest BCUT2D eigenvalue weighted by molar-refractivity contribution is 0.0696. The minimum absolute atomic E-state index is 0.314. The summed E-state index contributed by atoms with van der Waals surface area (Å²) in [6.07, 6.45) is 5.15. The Hall–Kier alpha value is -0.870. The Morgan fingerprint density at radius 1 is 1.41 bits per heavy atom. The molecule has 92 valence electrons. The summed E-state index contributed by atoms with van der Waals surface area (Å²) in [7, 11) is 0. The molecule has 0 aromatic heterocycles. The maximum Gasteiger partial charge on any atom is 0.336 e. The molecule has 1 fully saturated rings. The average Bonchev–Trinajstić information content (AvgIpc) is 2.78. The van der Waals surface area contributed by atoms with Crippen LogP contribution in [0.4, 0.5) is 0 Å². The molecular weight excluding hydrogens is 282 g/mol. The van der Waals surface area contributed by atoms with Crippen LogP contribution in [0.5, 0.6) is 0 Å². The topological polar surface area (TPSA) is 49.3 Å².